The Morgan fingerprint density at radius 1 is 0.893 bits per heavy atom. The van der Waals surface area contributed by atoms with Gasteiger partial charge in [0.2, 0.25) is 0 Å². The second-order valence-corrected chi connectivity index (χ2v) is 7.30. The quantitative estimate of drug-likeness (QED) is 0.479. The summed E-state index contributed by atoms with van der Waals surface area (Å²) in [5.41, 5.74) is 4.29. The lowest BCUT2D eigenvalue weighted by Gasteiger charge is -2.21. The van der Waals surface area contributed by atoms with Crippen LogP contribution in [0.1, 0.15) is 11.1 Å². The monoisotopic (exact) mass is 431 g/mol. The Morgan fingerprint density at radius 2 is 1.57 bits per heavy atom. The van der Waals surface area contributed by atoms with Crippen LogP contribution in [0.2, 0.25) is 0 Å². The van der Waals surface area contributed by atoms with Crippen molar-refractivity contribution in [2.24, 2.45) is 0 Å². The molecular weight excluding hydrogens is 414 g/mol. The minimum absolute atomic E-state index is 0.0445. The van der Waals surface area contributed by atoms with Gasteiger partial charge in [0.05, 0.1) is 12.8 Å². The maximum atomic E-state index is 13.3. The molecule has 0 fully saturated rings. The molecule has 4 heteroatoms. The second-order valence-electron chi connectivity index (χ2n) is 6.39. The van der Waals surface area contributed by atoms with Crippen molar-refractivity contribution in [1.29, 1.82) is 0 Å². The van der Waals surface area contributed by atoms with E-state index in [1.807, 2.05) is 91.0 Å². The highest BCUT2D eigenvalue weighted by atomic mass is 79.9. The molecule has 1 amide bonds. The molecule has 28 heavy (non-hydrogen) atoms. The van der Waals surface area contributed by atoms with Crippen LogP contribution in [0, 0.1) is 0 Å². The second kappa shape index (κ2) is 7.87. The van der Waals surface area contributed by atoms with Crippen LogP contribution in [-0.2, 0) is 4.79 Å². The van der Waals surface area contributed by atoms with Crippen molar-refractivity contribution in [2.75, 3.05) is 12.0 Å². The standard InChI is InChI=1S/C24H18BrNO2/c1-28-22-13-7-17(8-14-22)15-19-16-23(18-5-3-2-4-6-18)26(24(19)27)21-11-9-20(25)10-12-21/h2-16H,1H3/b19-15+. The van der Waals surface area contributed by atoms with Crippen molar-refractivity contribution in [3.8, 4) is 5.75 Å². The molecule has 0 saturated heterocycles. The molecule has 0 spiro atoms. The van der Waals surface area contributed by atoms with Crippen LogP contribution in [0.15, 0.2) is 95.0 Å². The molecule has 4 rings (SSSR count). The van der Waals surface area contributed by atoms with E-state index >= 15 is 0 Å². The van der Waals surface area contributed by atoms with Crippen molar-refractivity contribution in [2.45, 2.75) is 0 Å². The first kappa shape index (κ1) is 18.3. The molecule has 0 saturated carbocycles. The van der Waals surface area contributed by atoms with Crippen LogP contribution in [0.4, 0.5) is 5.69 Å². The van der Waals surface area contributed by atoms with Gasteiger partial charge in [0.25, 0.3) is 5.91 Å². The van der Waals surface area contributed by atoms with Gasteiger partial charge in [-0.05, 0) is 59.7 Å². The van der Waals surface area contributed by atoms with Gasteiger partial charge in [0.1, 0.15) is 5.75 Å². The minimum atomic E-state index is -0.0445. The highest BCUT2D eigenvalue weighted by Gasteiger charge is 2.30. The minimum Gasteiger partial charge on any atom is -0.497 e. The number of benzene rings is 3. The Labute approximate surface area is 172 Å². The Morgan fingerprint density at radius 3 is 2.21 bits per heavy atom. The number of carbonyl (C=O) groups is 1. The molecule has 0 aromatic heterocycles. The number of nitrogens with zero attached hydrogens (tertiary/aromatic N) is 1. The average molecular weight is 432 g/mol. The summed E-state index contributed by atoms with van der Waals surface area (Å²) in [5.74, 6) is 0.744. The number of halogens is 1. The lowest BCUT2D eigenvalue weighted by molar-refractivity contribution is -0.113. The fourth-order valence-corrected chi connectivity index (χ4v) is 3.43. The SMILES string of the molecule is COc1ccc(/C=C2\C=C(c3ccccc3)N(c3ccc(Br)cc3)C2=O)cc1. The van der Waals surface area contributed by atoms with E-state index in [-0.39, 0.29) is 5.91 Å². The van der Waals surface area contributed by atoms with Crippen molar-refractivity contribution in [1.82, 2.24) is 0 Å². The predicted molar refractivity (Wildman–Crippen MR) is 117 cm³/mol. The first-order valence-electron chi connectivity index (χ1n) is 8.88. The van der Waals surface area contributed by atoms with E-state index in [1.54, 1.807) is 12.0 Å². The molecule has 0 atom stereocenters. The highest BCUT2D eigenvalue weighted by molar-refractivity contribution is 9.10. The van der Waals surface area contributed by atoms with E-state index in [0.29, 0.717) is 5.57 Å². The summed E-state index contributed by atoms with van der Waals surface area (Å²) in [6.45, 7) is 0. The summed E-state index contributed by atoms with van der Waals surface area (Å²) in [4.78, 5) is 15.0. The number of methoxy groups -OCH3 is 1. The first-order valence-corrected chi connectivity index (χ1v) is 9.68. The van der Waals surface area contributed by atoms with Crippen LogP contribution in [0.5, 0.6) is 5.75 Å². The van der Waals surface area contributed by atoms with Crippen molar-refractivity contribution in [3.63, 3.8) is 0 Å². The van der Waals surface area contributed by atoms with Crippen LogP contribution in [-0.4, -0.2) is 13.0 Å². The lowest BCUT2D eigenvalue weighted by Crippen LogP contribution is -2.24. The molecular formula is C24H18BrNO2. The molecule has 0 aliphatic carbocycles. The molecule has 3 aromatic carbocycles. The van der Waals surface area contributed by atoms with Gasteiger partial charge in [-0.15, -0.1) is 0 Å². The fourth-order valence-electron chi connectivity index (χ4n) is 3.16. The van der Waals surface area contributed by atoms with Gasteiger partial charge < -0.3 is 4.74 Å². The van der Waals surface area contributed by atoms with Crippen LogP contribution in [0.3, 0.4) is 0 Å². The molecule has 138 valence electrons. The third kappa shape index (κ3) is 3.64. The number of amides is 1. The third-order valence-corrected chi connectivity index (χ3v) is 5.10. The molecule has 0 unspecified atom stereocenters. The Bertz CT molecular complexity index is 1050. The maximum absolute atomic E-state index is 13.3. The van der Waals surface area contributed by atoms with Gasteiger partial charge in [0.15, 0.2) is 0 Å². The number of hydrogen-bond acceptors (Lipinski definition) is 2. The van der Waals surface area contributed by atoms with E-state index in [2.05, 4.69) is 15.9 Å². The van der Waals surface area contributed by atoms with E-state index < -0.39 is 0 Å². The smallest absolute Gasteiger partial charge is 0.262 e. The van der Waals surface area contributed by atoms with Crippen LogP contribution < -0.4 is 9.64 Å². The summed E-state index contributed by atoms with van der Waals surface area (Å²) in [7, 11) is 1.64. The summed E-state index contributed by atoms with van der Waals surface area (Å²) in [5, 5.41) is 0. The summed E-state index contributed by atoms with van der Waals surface area (Å²) in [6.07, 6.45) is 3.85. The van der Waals surface area contributed by atoms with Crippen LogP contribution >= 0.6 is 15.9 Å². The van der Waals surface area contributed by atoms with Gasteiger partial charge in [-0.25, -0.2) is 0 Å². The largest absolute Gasteiger partial charge is 0.497 e. The molecule has 3 aromatic rings. The molecule has 1 aliphatic heterocycles. The summed E-state index contributed by atoms with van der Waals surface area (Å²) < 4.78 is 6.18. The Kier molecular flexibility index (Phi) is 5.13. The lowest BCUT2D eigenvalue weighted by atomic mass is 10.1. The highest BCUT2D eigenvalue weighted by Crippen LogP contribution is 2.35. The van der Waals surface area contributed by atoms with Gasteiger partial charge in [0, 0.05) is 15.7 Å². The molecule has 3 nitrogen and oxygen atoms in total. The van der Waals surface area contributed by atoms with Gasteiger partial charge in [-0.3, -0.25) is 9.69 Å². The van der Waals surface area contributed by atoms with Crippen molar-refractivity contribution >= 4 is 39.3 Å². The average Bonchev–Trinajstić information content (AvgIpc) is 3.06. The normalized spacial score (nSPS) is 15.1. The Hall–Kier alpha value is -3.11. The number of ether oxygens (including phenoxy) is 1. The molecule has 1 heterocycles. The predicted octanol–water partition coefficient (Wildman–Crippen LogP) is 5.93. The number of anilines is 1. The zero-order chi connectivity index (χ0) is 19.5. The van der Waals surface area contributed by atoms with Gasteiger partial charge in [-0.2, -0.15) is 0 Å². The van der Waals surface area contributed by atoms with E-state index in [0.717, 1.165) is 32.7 Å². The fraction of sp³-hybridized carbons (Fsp3) is 0.0417. The summed E-state index contributed by atoms with van der Waals surface area (Å²) >= 11 is 3.46. The molecule has 0 N–H and O–H groups in total. The zero-order valence-electron chi connectivity index (χ0n) is 15.3. The topological polar surface area (TPSA) is 29.5 Å². The number of hydrogen-bond donors (Lipinski definition) is 0. The van der Waals surface area contributed by atoms with Crippen molar-refractivity contribution < 1.29 is 9.53 Å². The molecule has 0 radical (unpaired) electrons. The summed E-state index contributed by atoms with van der Waals surface area (Å²) in [6, 6.07) is 25.4. The third-order valence-electron chi connectivity index (χ3n) is 4.58. The Balaban J connectivity index is 1.78. The molecule has 0 bridgehead atoms. The number of carbonyl (C=O) groups excluding carboxylic acids is 1. The molecule has 1 aliphatic rings. The van der Waals surface area contributed by atoms with Crippen molar-refractivity contribution in [3.05, 3.63) is 106 Å². The van der Waals surface area contributed by atoms with Gasteiger partial charge in [-0.1, -0.05) is 58.4 Å². The zero-order valence-corrected chi connectivity index (χ0v) is 16.9. The van der Waals surface area contributed by atoms with Gasteiger partial charge >= 0.3 is 0 Å². The van der Waals surface area contributed by atoms with Crippen LogP contribution in [0.25, 0.3) is 11.8 Å². The van der Waals surface area contributed by atoms with E-state index in [1.165, 1.54) is 0 Å². The first-order chi connectivity index (χ1) is 13.7. The van der Waals surface area contributed by atoms with E-state index in [9.17, 15) is 4.79 Å². The van der Waals surface area contributed by atoms with E-state index in [4.69, 9.17) is 4.74 Å². The maximum Gasteiger partial charge on any atom is 0.262 e. The number of rotatable bonds is 4.